The van der Waals surface area contributed by atoms with Crippen molar-refractivity contribution in [2.75, 3.05) is 0 Å². The average molecular weight is 243 g/mol. The zero-order valence-corrected chi connectivity index (χ0v) is 11.0. The van der Waals surface area contributed by atoms with Gasteiger partial charge in [0, 0.05) is 19.0 Å². The first-order valence-electron chi connectivity index (χ1n) is 4.20. The number of nitrogens with zero attached hydrogens (tertiary/aromatic N) is 1. The molecule has 0 fully saturated rings. The Bertz CT molecular complexity index is 478. The lowest BCUT2D eigenvalue weighted by Gasteiger charge is -2.10. The number of benzene rings is 1. The molecule has 2 unspecified atom stereocenters. The minimum atomic E-state index is -0.316. The monoisotopic (exact) mass is 243 g/mol. The fourth-order valence-corrected chi connectivity index (χ4v) is 3.52. The summed E-state index contributed by atoms with van der Waals surface area (Å²) in [5.74, 6) is 0.338. The van der Waals surface area contributed by atoms with Crippen LogP contribution in [-0.4, -0.2) is 9.44 Å². The summed E-state index contributed by atoms with van der Waals surface area (Å²) in [6, 6.07) is 5.63. The molecule has 2 nitrogen and oxygen atoms in total. The molecule has 0 spiro atoms. The van der Waals surface area contributed by atoms with Gasteiger partial charge in [0.25, 0.3) is 0 Å². The van der Waals surface area contributed by atoms with Crippen molar-refractivity contribution in [2.45, 2.75) is 6.92 Å². The van der Waals surface area contributed by atoms with Gasteiger partial charge in [0.2, 0.25) is 0 Å². The van der Waals surface area contributed by atoms with E-state index in [9.17, 15) is 5.11 Å². The first kappa shape index (κ1) is 10.4. The summed E-state index contributed by atoms with van der Waals surface area (Å²) in [5.41, 5.74) is 2.32. The van der Waals surface area contributed by atoms with Crippen molar-refractivity contribution in [2.24, 2.45) is 0 Å². The molecule has 2 aromatic rings. The van der Waals surface area contributed by atoms with Gasteiger partial charge in [-0.2, -0.15) is 0 Å². The fourth-order valence-electron chi connectivity index (χ4n) is 1.65. The van der Waals surface area contributed by atoms with Crippen LogP contribution < -0.4 is 0 Å². The van der Waals surface area contributed by atoms with Crippen molar-refractivity contribution in [3.63, 3.8) is 0 Å². The Morgan fingerprint density at radius 3 is 2.71 bits per heavy atom. The van der Waals surface area contributed by atoms with E-state index in [-0.39, 0.29) is 7.45 Å². The van der Waals surface area contributed by atoms with Crippen LogP contribution in [0.25, 0.3) is 10.9 Å². The van der Waals surface area contributed by atoms with Gasteiger partial charge in [-0.3, -0.25) is 0 Å². The lowest BCUT2D eigenvalue weighted by Crippen LogP contribution is -1.84. The Morgan fingerprint density at radius 1 is 1.36 bits per heavy atom. The average Bonchev–Trinajstić information content (AvgIpc) is 2.47. The highest BCUT2D eigenvalue weighted by Gasteiger charge is 2.07. The Kier molecular flexibility index (Phi) is 2.80. The van der Waals surface area contributed by atoms with E-state index in [0.29, 0.717) is 5.75 Å². The van der Waals surface area contributed by atoms with Crippen LogP contribution in [0.3, 0.4) is 0 Å². The minimum Gasteiger partial charge on any atom is -0.508 e. The molecule has 1 heterocycles. The van der Waals surface area contributed by atoms with Crippen LogP contribution in [0.1, 0.15) is 5.56 Å². The molecule has 0 saturated carbocycles. The SMILES string of the molecule is Cc1cc(O)cc2ccn(P(P)P)c12. The van der Waals surface area contributed by atoms with Gasteiger partial charge in [-0.25, -0.2) is 0 Å². The lowest BCUT2D eigenvalue weighted by atomic mass is 10.1. The molecule has 5 heteroatoms. The predicted octanol–water partition coefficient (Wildman–Crippen LogP) is 3.48. The third-order valence-electron chi connectivity index (χ3n) is 2.19. The molecule has 0 bridgehead atoms. The summed E-state index contributed by atoms with van der Waals surface area (Å²) in [6.45, 7) is 2.02. The number of hydrogen-bond acceptors (Lipinski definition) is 1. The summed E-state index contributed by atoms with van der Waals surface area (Å²) in [6.07, 6.45) is 2.06. The molecule has 74 valence electrons. The van der Waals surface area contributed by atoms with E-state index in [1.165, 1.54) is 5.52 Å². The largest absolute Gasteiger partial charge is 0.508 e. The molecular weight excluding hydrogens is 231 g/mol. The van der Waals surface area contributed by atoms with Crippen molar-refractivity contribution in [1.29, 1.82) is 0 Å². The highest BCUT2D eigenvalue weighted by atomic mass is 32.4. The van der Waals surface area contributed by atoms with Gasteiger partial charge in [-0.15, -0.1) is 0 Å². The molecule has 0 aliphatic heterocycles. The van der Waals surface area contributed by atoms with E-state index >= 15 is 0 Å². The minimum absolute atomic E-state index is 0.316. The van der Waals surface area contributed by atoms with Crippen LogP contribution >= 0.6 is 25.3 Å². The molecule has 2 rings (SSSR count). The molecule has 1 aromatic heterocycles. The molecule has 0 aliphatic rings. The number of hydrogen-bond donors (Lipinski definition) is 1. The number of rotatable bonds is 1. The topological polar surface area (TPSA) is 25.2 Å². The van der Waals surface area contributed by atoms with E-state index in [4.69, 9.17) is 0 Å². The molecule has 0 amide bonds. The first-order chi connectivity index (χ1) is 6.59. The maximum Gasteiger partial charge on any atom is 0.116 e. The van der Waals surface area contributed by atoms with Crippen molar-refractivity contribution in [3.8, 4) is 5.75 Å². The summed E-state index contributed by atoms with van der Waals surface area (Å²) in [7, 11) is 5.28. The normalized spacial score (nSPS) is 11.4. The predicted molar refractivity (Wildman–Crippen MR) is 70.1 cm³/mol. The van der Waals surface area contributed by atoms with Gasteiger partial charge >= 0.3 is 0 Å². The second-order valence-corrected chi connectivity index (χ2v) is 9.40. The third-order valence-corrected chi connectivity index (χ3v) is 4.51. The molecule has 1 N–H and O–H groups in total. The number of phenolic OH excluding ortho intramolecular Hbond substituents is 1. The maximum absolute atomic E-state index is 9.44. The quantitative estimate of drug-likeness (QED) is 0.762. The maximum atomic E-state index is 9.44. The standard InChI is InChI=1S/C9H12NOP3/c1-6-4-8(11)5-7-2-3-10(9(6)7)14(12)13/h2-5,11H,12-13H2,1H3. The van der Waals surface area contributed by atoms with Gasteiger partial charge in [0.05, 0.1) is 5.52 Å². The number of phenols is 1. The van der Waals surface area contributed by atoms with Crippen molar-refractivity contribution >= 4 is 36.2 Å². The number of aryl methyl sites for hydroxylation is 1. The molecule has 1 aromatic carbocycles. The van der Waals surface area contributed by atoms with E-state index in [1.54, 1.807) is 12.1 Å². The van der Waals surface area contributed by atoms with Crippen molar-refractivity contribution in [1.82, 2.24) is 4.34 Å². The molecule has 0 saturated heterocycles. The van der Waals surface area contributed by atoms with Crippen molar-refractivity contribution < 1.29 is 5.11 Å². The van der Waals surface area contributed by atoms with Crippen LogP contribution in [0, 0.1) is 6.92 Å². The molecule has 14 heavy (non-hydrogen) atoms. The van der Waals surface area contributed by atoms with Crippen LogP contribution in [0.15, 0.2) is 24.4 Å². The van der Waals surface area contributed by atoms with Crippen LogP contribution in [0.4, 0.5) is 0 Å². The highest BCUT2D eigenvalue weighted by molar-refractivity contribution is 8.42. The Labute approximate surface area is 88.7 Å². The second-order valence-electron chi connectivity index (χ2n) is 3.24. The zero-order chi connectivity index (χ0) is 10.3. The van der Waals surface area contributed by atoms with Crippen molar-refractivity contribution in [3.05, 3.63) is 30.0 Å². The molecule has 0 radical (unpaired) electrons. The van der Waals surface area contributed by atoms with Gasteiger partial charge in [0.1, 0.15) is 5.75 Å². The van der Waals surface area contributed by atoms with Crippen LogP contribution in [-0.2, 0) is 0 Å². The Morgan fingerprint density at radius 2 is 2.07 bits per heavy atom. The van der Waals surface area contributed by atoms with Gasteiger partial charge in [0.15, 0.2) is 0 Å². The van der Waals surface area contributed by atoms with Gasteiger partial charge in [-0.05, 0) is 30.7 Å². The Balaban J connectivity index is 2.79. The van der Waals surface area contributed by atoms with E-state index in [1.807, 2.05) is 13.0 Å². The molecular formula is C9H12NOP3. The highest BCUT2D eigenvalue weighted by Crippen LogP contribution is 2.55. The molecule has 0 aliphatic carbocycles. The van der Waals surface area contributed by atoms with E-state index in [2.05, 4.69) is 28.4 Å². The second kappa shape index (κ2) is 3.78. The van der Waals surface area contributed by atoms with E-state index < -0.39 is 0 Å². The summed E-state index contributed by atoms with van der Waals surface area (Å²) < 4.78 is 2.22. The first-order valence-corrected chi connectivity index (χ1v) is 8.73. The summed E-state index contributed by atoms with van der Waals surface area (Å²) in [5, 5.41) is 10.5. The van der Waals surface area contributed by atoms with Crippen LogP contribution in [0.5, 0.6) is 5.75 Å². The smallest absolute Gasteiger partial charge is 0.116 e. The number of aromatic nitrogens is 1. The van der Waals surface area contributed by atoms with E-state index in [0.717, 1.165) is 10.9 Å². The molecule has 2 atom stereocenters. The van der Waals surface area contributed by atoms with Gasteiger partial charge < -0.3 is 9.44 Å². The summed E-state index contributed by atoms with van der Waals surface area (Å²) in [4.78, 5) is 0. The fraction of sp³-hybridized carbons (Fsp3) is 0.111. The zero-order valence-electron chi connectivity index (χ0n) is 7.81. The third kappa shape index (κ3) is 1.68. The Hall–Kier alpha value is -0.150. The van der Waals surface area contributed by atoms with Crippen LogP contribution in [0.2, 0.25) is 0 Å². The summed E-state index contributed by atoms with van der Waals surface area (Å²) >= 11 is 0. The number of aromatic hydroxyl groups is 1. The number of fused-ring (bicyclic) bond motifs is 1. The van der Waals surface area contributed by atoms with Gasteiger partial charge in [-0.1, -0.05) is 17.9 Å². The lowest BCUT2D eigenvalue weighted by molar-refractivity contribution is 0.476.